The van der Waals surface area contributed by atoms with Crippen molar-refractivity contribution in [1.29, 1.82) is 0 Å². The van der Waals surface area contributed by atoms with Crippen LogP contribution in [0.1, 0.15) is 28.8 Å². The number of aryl methyl sites for hydroxylation is 1. The van der Waals surface area contributed by atoms with Gasteiger partial charge in [0, 0.05) is 23.0 Å². The van der Waals surface area contributed by atoms with E-state index in [0.717, 1.165) is 38.6 Å². The second-order valence-corrected chi connectivity index (χ2v) is 10.9. The number of hydrogen-bond donors (Lipinski definition) is 1. The minimum absolute atomic E-state index is 0. The fraction of sp³-hybridized carbons (Fsp3) is 0.105. The van der Waals surface area contributed by atoms with Gasteiger partial charge < -0.3 is 29.7 Å². The summed E-state index contributed by atoms with van der Waals surface area (Å²) in [5.41, 5.74) is 4.86. The molecule has 0 amide bonds. The number of rotatable bonds is 10. The molecule has 0 aliphatic heterocycles. The molecule has 1 N–H and O–H groups in total. The number of ether oxygens (including phenoxy) is 3. The summed E-state index contributed by atoms with van der Waals surface area (Å²) in [6.07, 6.45) is 0. The van der Waals surface area contributed by atoms with Crippen molar-refractivity contribution in [2.75, 3.05) is 7.11 Å². The number of carboxylic acids is 1. The van der Waals surface area contributed by atoms with Gasteiger partial charge >= 0.3 is 35.5 Å². The predicted molar refractivity (Wildman–Crippen MR) is 177 cm³/mol. The number of aromatic carboxylic acids is 1. The maximum absolute atomic E-state index is 11.5. The van der Waals surface area contributed by atoms with Crippen LogP contribution < -0.4 is 43.8 Å². The molecule has 9 heteroatoms. The van der Waals surface area contributed by atoms with Gasteiger partial charge in [0.2, 0.25) is 5.89 Å². The minimum Gasteiger partial charge on any atom is -1.00 e. The van der Waals surface area contributed by atoms with Crippen LogP contribution in [-0.2, 0) is 13.2 Å². The number of para-hydroxylation sites is 1. The molecule has 2 aromatic heterocycles. The van der Waals surface area contributed by atoms with E-state index < -0.39 is 5.97 Å². The number of hydrogen-bond acceptors (Lipinski definition) is 6. The summed E-state index contributed by atoms with van der Waals surface area (Å²) in [5.74, 6) is 2.60. The smallest absolute Gasteiger partial charge is 1.00 e. The van der Waals surface area contributed by atoms with Gasteiger partial charge in [-0.05, 0) is 73.2 Å². The normalized spacial score (nSPS) is 10.9. The fourth-order valence-electron chi connectivity index (χ4n) is 5.66. The molecule has 0 saturated carbocycles. The molecule has 0 saturated heterocycles. The Balaban J connectivity index is 0.00000225. The van der Waals surface area contributed by atoms with Crippen LogP contribution in [0.3, 0.4) is 0 Å². The van der Waals surface area contributed by atoms with Gasteiger partial charge in [0.05, 0.1) is 23.6 Å². The van der Waals surface area contributed by atoms with E-state index in [4.69, 9.17) is 18.6 Å². The molecule has 0 aliphatic rings. The van der Waals surface area contributed by atoms with E-state index in [0.29, 0.717) is 41.2 Å². The van der Waals surface area contributed by atoms with Crippen LogP contribution in [0.25, 0.3) is 33.3 Å². The predicted octanol–water partition coefficient (Wildman–Crippen LogP) is 6.00. The van der Waals surface area contributed by atoms with Crippen LogP contribution in [0.15, 0.2) is 120 Å². The number of nitrogens with zero attached hydrogens (tertiary/aromatic N) is 2. The van der Waals surface area contributed by atoms with Crippen LogP contribution in [0, 0.1) is 6.92 Å². The first-order valence-electron chi connectivity index (χ1n) is 14.8. The standard InChI is InChI=1S/C38H30N2O6.Na.H/c1-24-30(39-37(45-24)26-10-4-3-5-11-26)23-44-33-19-18-25(20-35(33)43-2)22-40-31-15-7-6-14-29(31)36-32(40)16-9-17-34(36)46-28-13-8-12-27(21-28)38(41)42;;/h3-21H,22-23H2,1-2H3,(H,41,42);;/q;+1;-1. The summed E-state index contributed by atoms with van der Waals surface area (Å²) in [6.45, 7) is 2.69. The monoisotopic (exact) mass is 634 g/mol. The third kappa shape index (κ3) is 6.49. The van der Waals surface area contributed by atoms with Crippen molar-refractivity contribution >= 4 is 27.8 Å². The molecule has 0 fully saturated rings. The molecule has 0 atom stereocenters. The second kappa shape index (κ2) is 13.8. The Bertz CT molecular complexity index is 2210. The first-order chi connectivity index (χ1) is 22.5. The zero-order chi connectivity index (χ0) is 31.6. The van der Waals surface area contributed by atoms with Crippen molar-refractivity contribution in [1.82, 2.24) is 9.55 Å². The molecule has 0 spiro atoms. The third-order valence-electron chi connectivity index (χ3n) is 7.91. The van der Waals surface area contributed by atoms with E-state index in [2.05, 4.69) is 27.8 Å². The second-order valence-electron chi connectivity index (χ2n) is 10.9. The van der Waals surface area contributed by atoms with E-state index in [1.165, 1.54) is 6.07 Å². The van der Waals surface area contributed by atoms with E-state index in [-0.39, 0.29) is 43.2 Å². The van der Waals surface area contributed by atoms with Gasteiger partial charge in [-0.25, -0.2) is 9.78 Å². The number of benzene rings is 5. The molecule has 2 heterocycles. The Morgan fingerprint density at radius 2 is 1.62 bits per heavy atom. The maximum atomic E-state index is 11.5. The molecule has 0 unspecified atom stereocenters. The maximum Gasteiger partial charge on any atom is 1.00 e. The van der Waals surface area contributed by atoms with E-state index in [1.807, 2.05) is 79.7 Å². The average Bonchev–Trinajstić information content (AvgIpc) is 3.62. The van der Waals surface area contributed by atoms with Crippen LogP contribution in [-0.4, -0.2) is 27.7 Å². The van der Waals surface area contributed by atoms with Crippen molar-refractivity contribution in [3.63, 3.8) is 0 Å². The van der Waals surface area contributed by atoms with E-state index >= 15 is 0 Å². The molecule has 230 valence electrons. The number of methoxy groups -OCH3 is 1. The molecule has 0 radical (unpaired) electrons. The van der Waals surface area contributed by atoms with Crippen molar-refractivity contribution in [2.24, 2.45) is 0 Å². The largest absolute Gasteiger partial charge is 1.00 e. The summed E-state index contributed by atoms with van der Waals surface area (Å²) in [7, 11) is 1.63. The first kappa shape index (κ1) is 31.9. The Kier molecular flexibility index (Phi) is 9.36. The molecule has 0 aliphatic carbocycles. The van der Waals surface area contributed by atoms with Gasteiger partial charge in [-0.3, -0.25) is 0 Å². The minimum atomic E-state index is -1.00. The van der Waals surface area contributed by atoms with E-state index in [1.54, 1.807) is 25.3 Å². The van der Waals surface area contributed by atoms with Crippen LogP contribution in [0.5, 0.6) is 23.0 Å². The van der Waals surface area contributed by atoms with Crippen LogP contribution in [0.2, 0.25) is 0 Å². The Labute approximate surface area is 294 Å². The van der Waals surface area contributed by atoms with E-state index in [9.17, 15) is 9.90 Å². The Morgan fingerprint density at radius 1 is 0.851 bits per heavy atom. The topological polar surface area (TPSA) is 96.0 Å². The SMILES string of the molecule is COc1cc(Cn2c3ccccc3c3c(Oc4cccc(C(=O)O)c4)cccc32)ccc1OCc1nc(-c2ccccc2)oc1C.[H-].[Na+]. The summed E-state index contributed by atoms with van der Waals surface area (Å²) >= 11 is 0. The summed E-state index contributed by atoms with van der Waals surface area (Å²) in [4.78, 5) is 16.2. The molecule has 5 aromatic carbocycles. The molecule has 0 bridgehead atoms. The number of fused-ring (bicyclic) bond motifs is 3. The molecular weight excluding hydrogens is 603 g/mol. The Hall–Kier alpha value is -5.02. The van der Waals surface area contributed by atoms with Gasteiger partial charge in [-0.2, -0.15) is 0 Å². The van der Waals surface area contributed by atoms with Crippen LogP contribution >= 0.6 is 0 Å². The first-order valence-corrected chi connectivity index (χ1v) is 14.8. The number of aromatic nitrogens is 2. The molecule has 7 rings (SSSR count). The zero-order valence-electron chi connectivity index (χ0n) is 27.3. The third-order valence-corrected chi connectivity index (χ3v) is 7.91. The van der Waals surface area contributed by atoms with Crippen LogP contribution in [0.4, 0.5) is 0 Å². The Morgan fingerprint density at radius 3 is 2.43 bits per heavy atom. The molecule has 7 aromatic rings. The summed E-state index contributed by atoms with van der Waals surface area (Å²) < 4.78 is 26.3. The molecule has 8 nitrogen and oxygen atoms in total. The average molecular weight is 635 g/mol. The number of carbonyl (C=O) groups is 1. The van der Waals surface area contributed by atoms with Crippen molar-refractivity contribution in [2.45, 2.75) is 20.1 Å². The molecule has 47 heavy (non-hydrogen) atoms. The van der Waals surface area contributed by atoms with Gasteiger partial charge in [0.15, 0.2) is 11.5 Å². The number of carboxylic acid groups (broad SMARTS) is 1. The fourth-order valence-corrected chi connectivity index (χ4v) is 5.66. The summed E-state index contributed by atoms with van der Waals surface area (Å²) in [5, 5.41) is 11.4. The van der Waals surface area contributed by atoms with Crippen molar-refractivity contribution in [3.8, 4) is 34.5 Å². The van der Waals surface area contributed by atoms with Gasteiger partial charge in [-0.1, -0.05) is 54.6 Å². The van der Waals surface area contributed by atoms with Gasteiger partial charge in [0.25, 0.3) is 0 Å². The number of oxazole rings is 1. The zero-order valence-corrected chi connectivity index (χ0v) is 28.3. The van der Waals surface area contributed by atoms with Gasteiger partial charge in [0.1, 0.15) is 29.6 Å². The van der Waals surface area contributed by atoms with Crippen molar-refractivity contribution < 1.29 is 59.5 Å². The quantitative estimate of drug-likeness (QED) is 0.185. The van der Waals surface area contributed by atoms with Gasteiger partial charge in [-0.15, -0.1) is 0 Å². The molecular formula is C38H31N2NaO6. The van der Waals surface area contributed by atoms with Crippen molar-refractivity contribution in [3.05, 3.63) is 138 Å². The summed E-state index contributed by atoms with van der Waals surface area (Å²) in [6, 6.07) is 36.3.